The highest BCUT2D eigenvalue weighted by molar-refractivity contribution is 6.74. The smallest absolute Gasteiger partial charge is 0.192 e. The minimum Gasteiger partial charge on any atom is -0.414 e. The van der Waals surface area contributed by atoms with Crippen molar-refractivity contribution < 1.29 is 19.4 Å². The summed E-state index contributed by atoms with van der Waals surface area (Å²) in [5.74, 6) is 0. The summed E-state index contributed by atoms with van der Waals surface area (Å²) in [4.78, 5) is 0. The zero-order valence-corrected chi connectivity index (χ0v) is 17.0. The van der Waals surface area contributed by atoms with Gasteiger partial charge in [-0.25, -0.2) is 0 Å². The molecular weight excluding hydrogens is 334 g/mol. The fourth-order valence-corrected chi connectivity index (χ4v) is 3.57. The molecule has 1 aromatic carbocycles. The second-order valence-corrected chi connectivity index (χ2v) is 13.2. The van der Waals surface area contributed by atoms with Crippen LogP contribution in [0.4, 0.5) is 0 Å². The number of hydrogen-bond donors (Lipinski definition) is 3. The molecular formula is C19H33NO4Si. The Morgan fingerprint density at radius 1 is 1.16 bits per heavy atom. The Balaban J connectivity index is 1.85. The number of nitrogens with one attached hydrogen (secondary N) is 1. The summed E-state index contributed by atoms with van der Waals surface area (Å²) in [6.07, 6.45) is -2.31. The number of aliphatic hydroxyl groups excluding tert-OH is 2. The molecule has 1 aromatic rings. The van der Waals surface area contributed by atoms with Crippen LogP contribution >= 0.6 is 0 Å². The maximum Gasteiger partial charge on any atom is 0.192 e. The number of benzene rings is 1. The summed E-state index contributed by atoms with van der Waals surface area (Å²) in [6, 6.07) is 9.69. The van der Waals surface area contributed by atoms with Gasteiger partial charge in [-0.05, 0) is 23.7 Å². The summed E-state index contributed by atoms with van der Waals surface area (Å²) < 4.78 is 11.9. The molecule has 0 aromatic heterocycles. The number of ether oxygens (including phenoxy) is 1. The van der Waals surface area contributed by atoms with Crippen LogP contribution in [0.25, 0.3) is 0 Å². The Kier molecular flexibility index (Phi) is 6.81. The molecule has 5 nitrogen and oxygen atoms in total. The molecule has 6 heteroatoms. The molecule has 1 aliphatic rings. The van der Waals surface area contributed by atoms with Crippen LogP contribution < -0.4 is 5.32 Å². The van der Waals surface area contributed by atoms with Crippen molar-refractivity contribution >= 4 is 8.32 Å². The molecule has 2 rings (SSSR count). The highest BCUT2D eigenvalue weighted by Crippen LogP contribution is 2.36. The Hall–Kier alpha value is -0.763. The van der Waals surface area contributed by atoms with E-state index in [0.717, 1.165) is 5.56 Å². The highest BCUT2D eigenvalue weighted by atomic mass is 28.4. The van der Waals surface area contributed by atoms with Crippen LogP contribution in [0.2, 0.25) is 18.1 Å². The highest BCUT2D eigenvalue weighted by Gasteiger charge is 2.42. The van der Waals surface area contributed by atoms with Crippen LogP contribution in [0.3, 0.4) is 0 Å². The zero-order chi connectivity index (χ0) is 18.7. The largest absolute Gasteiger partial charge is 0.414 e. The van der Waals surface area contributed by atoms with E-state index in [1.165, 1.54) is 0 Å². The number of rotatable bonds is 6. The molecule has 0 bridgehead atoms. The first-order valence-electron chi connectivity index (χ1n) is 9.01. The van der Waals surface area contributed by atoms with Gasteiger partial charge >= 0.3 is 0 Å². The third kappa shape index (κ3) is 5.36. The van der Waals surface area contributed by atoms with E-state index in [2.05, 4.69) is 39.2 Å². The maximum atomic E-state index is 10.4. The molecule has 1 fully saturated rings. The van der Waals surface area contributed by atoms with E-state index in [1.54, 1.807) is 0 Å². The van der Waals surface area contributed by atoms with E-state index in [-0.39, 0.29) is 11.1 Å². The lowest BCUT2D eigenvalue weighted by molar-refractivity contribution is -0.160. The third-order valence-corrected chi connectivity index (χ3v) is 9.96. The molecule has 142 valence electrons. The van der Waals surface area contributed by atoms with Gasteiger partial charge in [-0.1, -0.05) is 51.1 Å². The van der Waals surface area contributed by atoms with Crippen LogP contribution in [0.5, 0.6) is 0 Å². The van der Waals surface area contributed by atoms with Gasteiger partial charge in [0.15, 0.2) is 8.32 Å². The summed E-state index contributed by atoms with van der Waals surface area (Å²) >= 11 is 0. The Morgan fingerprint density at radius 3 is 2.40 bits per heavy atom. The predicted octanol–water partition coefficient (Wildman–Crippen LogP) is 2.29. The normalized spacial score (nSPS) is 28.1. The lowest BCUT2D eigenvalue weighted by atomic mass is 9.98. The Bertz CT molecular complexity index is 532. The average Bonchev–Trinajstić information content (AvgIpc) is 2.55. The second-order valence-electron chi connectivity index (χ2n) is 8.40. The zero-order valence-electron chi connectivity index (χ0n) is 16.0. The van der Waals surface area contributed by atoms with Crippen LogP contribution in [0.15, 0.2) is 30.3 Å². The summed E-state index contributed by atoms with van der Waals surface area (Å²) in [7, 11) is -1.91. The molecule has 1 aliphatic heterocycles. The van der Waals surface area contributed by atoms with Gasteiger partial charge < -0.3 is 24.7 Å². The summed E-state index contributed by atoms with van der Waals surface area (Å²) in [6.45, 7) is 12.2. The second kappa shape index (κ2) is 8.29. The van der Waals surface area contributed by atoms with Gasteiger partial charge in [-0.3, -0.25) is 0 Å². The molecule has 0 unspecified atom stereocenters. The molecule has 4 atom stereocenters. The molecule has 0 aliphatic carbocycles. The van der Waals surface area contributed by atoms with Crippen molar-refractivity contribution in [3.63, 3.8) is 0 Å². The van der Waals surface area contributed by atoms with Gasteiger partial charge in [0, 0.05) is 6.54 Å². The average molecular weight is 368 g/mol. The minimum absolute atomic E-state index is 0.102. The van der Waals surface area contributed by atoms with Gasteiger partial charge in [-0.2, -0.15) is 0 Å². The number of hydrogen-bond acceptors (Lipinski definition) is 5. The van der Waals surface area contributed by atoms with E-state index >= 15 is 0 Å². The van der Waals surface area contributed by atoms with E-state index in [4.69, 9.17) is 9.16 Å². The van der Waals surface area contributed by atoms with Crippen LogP contribution in [-0.2, 0) is 15.7 Å². The van der Waals surface area contributed by atoms with Crippen LogP contribution in [0.1, 0.15) is 26.3 Å². The SMILES string of the molecule is CC(C)(C)[Si](C)(C)OC[C@@H]1OC[C@@H](NCc2ccccc2)[C@H](O)[C@@H]1O. The van der Waals surface area contributed by atoms with Gasteiger partial charge in [0.25, 0.3) is 0 Å². The third-order valence-electron chi connectivity index (χ3n) is 5.46. The van der Waals surface area contributed by atoms with Crippen molar-refractivity contribution in [2.45, 2.75) is 69.8 Å². The van der Waals surface area contributed by atoms with Gasteiger partial charge in [0.2, 0.25) is 0 Å². The molecule has 0 radical (unpaired) electrons. The fraction of sp³-hybridized carbons (Fsp3) is 0.684. The topological polar surface area (TPSA) is 71.0 Å². The monoisotopic (exact) mass is 367 g/mol. The van der Waals surface area contributed by atoms with Crippen molar-refractivity contribution in [3.05, 3.63) is 35.9 Å². The fourth-order valence-electron chi connectivity index (χ4n) is 2.56. The Labute approximate surface area is 152 Å². The first-order chi connectivity index (χ1) is 11.6. The molecule has 1 heterocycles. The quantitative estimate of drug-likeness (QED) is 0.673. The predicted molar refractivity (Wildman–Crippen MR) is 102 cm³/mol. The van der Waals surface area contributed by atoms with Crippen molar-refractivity contribution in [2.24, 2.45) is 0 Å². The Morgan fingerprint density at radius 2 is 1.80 bits per heavy atom. The van der Waals surface area contributed by atoms with E-state index in [9.17, 15) is 10.2 Å². The van der Waals surface area contributed by atoms with Crippen molar-refractivity contribution in [1.82, 2.24) is 5.32 Å². The summed E-state index contributed by atoms with van der Waals surface area (Å²) in [5.41, 5.74) is 1.13. The lowest BCUT2D eigenvalue weighted by Crippen LogP contribution is -2.59. The molecule has 1 saturated heterocycles. The first kappa shape index (κ1) is 20.5. The molecule has 3 N–H and O–H groups in total. The maximum absolute atomic E-state index is 10.4. The lowest BCUT2D eigenvalue weighted by Gasteiger charge is -2.41. The van der Waals surface area contributed by atoms with Crippen molar-refractivity contribution in [1.29, 1.82) is 0 Å². The van der Waals surface area contributed by atoms with Gasteiger partial charge in [-0.15, -0.1) is 0 Å². The molecule has 0 saturated carbocycles. The van der Waals surface area contributed by atoms with Gasteiger partial charge in [0.1, 0.15) is 18.3 Å². The van der Waals surface area contributed by atoms with Gasteiger partial charge in [0.05, 0.1) is 19.3 Å². The van der Waals surface area contributed by atoms with E-state index < -0.39 is 26.6 Å². The summed E-state index contributed by atoms with van der Waals surface area (Å²) in [5, 5.41) is 24.2. The van der Waals surface area contributed by atoms with Crippen molar-refractivity contribution in [3.8, 4) is 0 Å². The molecule has 0 spiro atoms. The number of aliphatic hydroxyl groups is 2. The first-order valence-corrected chi connectivity index (χ1v) is 11.9. The van der Waals surface area contributed by atoms with Crippen molar-refractivity contribution in [2.75, 3.05) is 13.2 Å². The standard InChI is InChI=1S/C19H33NO4Si/c1-19(2,3)25(4,5)24-13-16-18(22)17(21)15(12-23-16)20-11-14-9-7-6-8-10-14/h6-10,15-18,20-22H,11-13H2,1-5H3/t15-,16+,17+,18-/m1/s1. The molecule has 25 heavy (non-hydrogen) atoms. The van der Waals surface area contributed by atoms with E-state index in [1.807, 2.05) is 30.3 Å². The van der Waals surface area contributed by atoms with Crippen LogP contribution in [0, 0.1) is 0 Å². The molecule has 0 amide bonds. The van der Waals surface area contributed by atoms with E-state index in [0.29, 0.717) is 19.8 Å². The van der Waals surface area contributed by atoms with Crippen LogP contribution in [-0.4, -0.2) is 56.1 Å². The minimum atomic E-state index is -1.91.